The largest absolute Gasteiger partial charge is 0.373 e. The van der Waals surface area contributed by atoms with Gasteiger partial charge in [-0.2, -0.15) is 0 Å². The van der Waals surface area contributed by atoms with Gasteiger partial charge in [0.2, 0.25) is 0 Å². The van der Waals surface area contributed by atoms with E-state index in [9.17, 15) is 4.79 Å². The summed E-state index contributed by atoms with van der Waals surface area (Å²) in [5.74, 6) is 2.76. The molecule has 0 aliphatic heterocycles. The van der Waals surface area contributed by atoms with Crippen LogP contribution >= 0.6 is 23.2 Å². The van der Waals surface area contributed by atoms with Crippen molar-refractivity contribution in [3.8, 4) is 11.3 Å². The van der Waals surface area contributed by atoms with Crippen LogP contribution in [-0.2, 0) is 16.1 Å². The molecule has 2 aromatic rings. The van der Waals surface area contributed by atoms with Gasteiger partial charge in [-0.05, 0) is 49.7 Å². The maximum atomic E-state index is 11.6. The van der Waals surface area contributed by atoms with Crippen LogP contribution in [0.15, 0.2) is 22.7 Å². The number of hydrogen-bond acceptors (Lipinski definition) is 4. The Balaban J connectivity index is 0.000000994. The maximum Gasteiger partial charge on any atom is 0.145 e. The number of ether oxygens (including phenoxy) is 1. The molecule has 5 rings (SSSR count). The molecule has 0 radical (unpaired) electrons. The molecular formula is C23H27Cl2NO3. The molecule has 0 spiro atoms. The second-order valence-corrected chi connectivity index (χ2v) is 8.93. The lowest BCUT2D eigenvalue weighted by Crippen LogP contribution is -2.11. The first-order valence-corrected chi connectivity index (χ1v) is 11.4. The van der Waals surface area contributed by atoms with E-state index >= 15 is 0 Å². The summed E-state index contributed by atoms with van der Waals surface area (Å²) < 4.78 is 12.0. The Morgan fingerprint density at radius 3 is 2.31 bits per heavy atom. The van der Waals surface area contributed by atoms with Crippen LogP contribution in [0.3, 0.4) is 0 Å². The number of benzene rings is 1. The van der Waals surface area contributed by atoms with E-state index in [1.54, 1.807) is 0 Å². The van der Waals surface area contributed by atoms with Crippen LogP contribution in [0.25, 0.3) is 11.3 Å². The summed E-state index contributed by atoms with van der Waals surface area (Å²) in [6.07, 6.45) is 5.84. The minimum Gasteiger partial charge on any atom is -0.373 e. The van der Waals surface area contributed by atoms with E-state index in [2.05, 4.69) is 5.16 Å². The van der Waals surface area contributed by atoms with Crippen molar-refractivity contribution < 1.29 is 14.1 Å². The Morgan fingerprint density at radius 1 is 1.10 bits per heavy atom. The number of rotatable bonds is 5. The predicted octanol–water partition coefficient (Wildman–Crippen LogP) is 6.83. The Hall–Kier alpha value is -1.36. The lowest BCUT2D eigenvalue weighted by Gasteiger charge is -2.14. The van der Waals surface area contributed by atoms with Crippen molar-refractivity contribution in [2.45, 2.75) is 71.0 Å². The van der Waals surface area contributed by atoms with Gasteiger partial charge in [-0.3, -0.25) is 4.79 Å². The molecule has 1 heterocycles. The third-order valence-corrected chi connectivity index (χ3v) is 6.84. The number of halogens is 2. The molecule has 4 nitrogen and oxygen atoms in total. The molecule has 0 N–H and O–H groups in total. The molecule has 29 heavy (non-hydrogen) atoms. The van der Waals surface area contributed by atoms with Gasteiger partial charge in [0.05, 0.1) is 22.8 Å². The number of carbonyl (C=O) groups is 1. The second kappa shape index (κ2) is 8.79. The highest BCUT2D eigenvalue weighted by atomic mass is 35.5. The van der Waals surface area contributed by atoms with Gasteiger partial charge in [-0.15, -0.1) is 0 Å². The second-order valence-electron chi connectivity index (χ2n) is 8.12. The normalized spacial score (nSPS) is 25.7. The van der Waals surface area contributed by atoms with E-state index < -0.39 is 0 Å². The Kier molecular flexibility index (Phi) is 6.33. The van der Waals surface area contributed by atoms with Crippen LogP contribution in [0.2, 0.25) is 10.0 Å². The fourth-order valence-electron chi connectivity index (χ4n) is 4.71. The van der Waals surface area contributed by atoms with Crippen LogP contribution in [0.1, 0.15) is 69.6 Å². The molecule has 3 saturated carbocycles. The fourth-order valence-corrected chi connectivity index (χ4v) is 5.29. The number of nitrogens with zero attached hydrogens (tertiary/aromatic N) is 1. The van der Waals surface area contributed by atoms with E-state index in [1.165, 1.54) is 0 Å². The molecule has 0 bridgehead atoms. The summed E-state index contributed by atoms with van der Waals surface area (Å²) in [7, 11) is 0. The third-order valence-electron chi connectivity index (χ3n) is 6.21. The van der Waals surface area contributed by atoms with Crippen LogP contribution in [-0.4, -0.2) is 17.0 Å². The molecule has 156 valence electrons. The Morgan fingerprint density at radius 2 is 1.72 bits per heavy atom. The highest BCUT2D eigenvalue weighted by Gasteiger charge is 2.42. The van der Waals surface area contributed by atoms with Crippen molar-refractivity contribution >= 4 is 29.0 Å². The Bertz CT molecular complexity index is 854. The topological polar surface area (TPSA) is 52.3 Å². The standard InChI is InChI=1S/C21H21Cl2NO3.C2H6/c22-17-2-1-3-18(23)19(17)20-16(21(27-24-20)11-4-5-11)10-26-15-8-12-6-14(25)7-13(12)9-15;1-2/h1-3,11-13,15H,4-10H2;1-2H3. The fraction of sp³-hybridized carbons (Fsp3) is 0.565. The van der Waals surface area contributed by atoms with E-state index in [-0.39, 0.29) is 6.10 Å². The first-order chi connectivity index (χ1) is 14.1. The van der Waals surface area contributed by atoms with Crippen LogP contribution in [0, 0.1) is 11.8 Å². The number of ketones is 1. The zero-order chi connectivity index (χ0) is 20.5. The van der Waals surface area contributed by atoms with Gasteiger partial charge in [0.1, 0.15) is 17.2 Å². The molecule has 2 atom stereocenters. The average molecular weight is 436 g/mol. The van der Waals surface area contributed by atoms with Gasteiger partial charge in [-0.1, -0.05) is 48.3 Å². The third kappa shape index (κ3) is 4.26. The van der Waals surface area contributed by atoms with Crippen molar-refractivity contribution in [1.82, 2.24) is 5.16 Å². The van der Waals surface area contributed by atoms with E-state index in [1.807, 2.05) is 32.0 Å². The summed E-state index contributed by atoms with van der Waals surface area (Å²) in [5, 5.41) is 5.44. The minimum absolute atomic E-state index is 0.199. The molecule has 2 unspecified atom stereocenters. The molecule has 1 aromatic heterocycles. The molecule has 6 heteroatoms. The van der Waals surface area contributed by atoms with Crippen LogP contribution < -0.4 is 0 Å². The Labute approximate surface area is 181 Å². The average Bonchev–Trinajstić information content (AvgIpc) is 3.22. The molecule has 3 aliphatic rings. The van der Waals surface area contributed by atoms with Crippen LogP contribution in [0.4, 0.5) is 0 Å². The van der Waals surface area contributed by atoms with Gasteiger partial charge in [-0.25, -0.2) is 0 Å². The number of hydrogen-bond donors (Lipinski definition) is 0. The molecule has 3 aliphatic carbocycles. The maximum absolute atomic E-state index is 11.6. The summed E-state index contributed by atoms with van der Waals surface area (Å²) in [6, 6.07) is 5.45. The molecule has 0 saturated heterocycles. The molecule has 0 amide bonds. The van der Waals surface area contributed by atoms with Crippen molar-refractivity contribution in [2.75, 3.05) is 0 Å². The smallest absolute Gasteiger partial charge is 0.145 e. The SMILES string of the molecule is CC.O=C1CC2CC(OCc3c(-c4c(Cl)cccc4Cl)noc3C3CC3)CC2C1. The lowest BCUT2D eigenvalue weighted by molar-refractivity contribution is -0.118. The molecule has 3 fully saturated rings. The summed E-state index contributed by atoms with van der Waals surface area (Å²) >= 11 is 12.8. The van der Waals surface area contributed by atoms with Crippen LogP contribution in [0.5, 0.6) is 0 Å². The van der Waals surface area contributed by atoms with Gasteiger partial charge in [0.25, 0.3) is 0 Å². The predicted molar refractivity (Wildman–Crippen MR) is 114 cm³/mol. The highest BCUT2D eigenvalue weighted by Crippen LogP contribution is 2.47. The van der Waals surface area contributed by atoms with E-state index in [0.29, 0.717) is 51.4 Å². The molecular weight excluding hydrogens is 409 g/mol. The highest BCUT2D eigenvalue weighted by molar-refractivity contribution is 6.39. The number of Topliss-reactive ketones (excluding diaryl/α,β-unsaturated/α-hetero) is 1. The number of carbonyl (C=O) groups excluding carboxylic acids is 1. The minimum atomic E-state index is 0.199. The van der Waals surface area contributed by atoms with E-state index in [0.717, 1.165) is 49.8 Å². The monoisotopic (exact) mass is 435 g/mol. The quantitative estimate of drug-likeness (QED) is 0.516. The van der Waals surface area contributed by atoms with Crippen molar-refractivity contribution in [2.24, 2.45) is 11.8 Å². The first-order valence-electron chi connectivity index (χ1n) is 10.7. The van der Waals surface area contributed by atoms with Gasteiger partial charge < -0.3 is 9.26 Å². The van der Waals surface area contributed by atoms with Gasteiger partial charge >= 0.3 is 0 Å². The van der Waals surface area contributed by atoms with Crippen molar-refractivity contribution in [3.05, 3.63) is 39.6 Å². The van der Waals surface area contributed by atoms with Gasteiger partial charge in [0.15, 0.2) is 0 Å². The summed E-state index contributed by atoms with van der Waals surface area (Å²) in [6.45, 7) is 4.45. The van der Waals surface area contributed by atoms with Crippen molar-refractivity contribution in [3.63, 3.8) is 0 Å². The lowest BCUT2D eigenvalue weighted by atomic mass is 10.0. The number of fused-ring (bicyclic) bond motifs is 1. The summed E-state index contributed by atoms with van der Waals surface area (Å²) in [5.41, 5.74) is 2.38. The van der Waals surface area contributed by atoms with Crippen molar-refractivity contribution in [1.29, 1.82) is 0 Å². The van der Waals surface area contributed by atoms with Gasteiger partial charge in [0, 0.05) is 29.9 Å². The zero-order valence-corrected chi connectivity index (χ0v) is 18.4. The first kappa shape index (κ1) is 20.9. The number of aromatic nitrogens is 1. The molecule has 1 aromatic carbocycles. The zero-order valence-electron chi connectivity index (χ0n) is 16.9. The summed E-state index contributed by atoms with van der Waals surface area (Å²) in [4.78, 5) is 11.6. The van der Waals surface area contributed by atoms with E-state index in [4.69, 9.17) is 32.5 Å².